The van der Waals surface area contributed by atoms with E-state index in [2.05, 4.69) is 5.32 Å². The first-order valence-electron chi connectivity index (χ1n) is 6.20. The van der Waals surface area contributed by atoms with Crippen molar-refractivity contribution in [2.45, 2.75) is 11.8 Å². The van der Waals surface area contributed by atoms with Crippen molar-refractivity contribution in [2.75, 3.05) is 16.8 Å². The van der Waals surface area contributed by atoms with E-state index in [1.54, 1.807) is 37.3 Å². The van der Waals surface area contributed by atoms with Gasteiger partial charge in [-0.3, -0.25) is 4.79 Å². The molecule has 2 aromatic rings. The van der Waals surface area contributed by atoms with Gasteiger partial charge in [-0.1, -0.05) is 23.7 Å². The second-order valence-electron chi connectivity index (χ2n) is 4.46. The minimum atomic E-state index is -0.351. The summed E-state index contributed by atoms with van der Waals surface area (Å²) in [4.78, 5) is 12.5. The highest BCUT2D eigenvalue weighted by atomic mass is 35.5. The van der Waals surface area contributed by atoms with Crippen LogP contribution in [0.3, 0.4) is 0 Å². The van der Waals surface area contributed by atoms with E-state index in [1.165, 1.54) is 17.8 Å². The molecule has 0 aromatic heterocycles. The Balaban J connectivity index is 1.97. The van der Waals surface area contributed by atoms with Crippen molar-refractivity contribution >= 4 is 40.6 Å². The summed E-state index contributed by atoms with van der Waals surface area (Å²) in [5.74, 6) is -0.456. The summed E-state index contributed by atoms with van der Waals surface area (Å²) < 4.78 is 13.4. The molecule has 21 heavy (non-hydrogen) atoms. The third-order valence-corrected chi connectivity index (χ3v) is 4.38. The SMILES string of the molecule is Cc1ccc(NC(=O)CSc2c(N)cccc2Cl)cc1F. The molecule has 0 spiro atoms. The fourth-order valence-corrected chi connectivity index (χ4v) is 2.82. The molecular formula is C15H14ClFN2OS. The predicted octanol–water partition coefficient (Wildman–Crippen LogP) is 4.10. The zero-order chi connectivity index (χ0) is 15.4. The van der Waals surface area contributed by atoms with Crippen molar-refractivity contribution in [1.29, 1.82) is 0 Å². The average molecular weight is 325 g/mol. The van der Waals surface area contributed by atoms with Gasteiger partial charge in [0.05, 0.1) is 10.8 Å². The molecule has 0 saturated carbocycles. The van der Waals surface area contributed by atoms with Gasteiger partial charge >= 0.3 is 0 Å². The van der Waals surface area contributed by atoms with Crippen LogP contribution in [0, 0.1) is 12.7 Å². The number of amides is 1. The van der Waals surface area contributed by atoms with Crippen LogP contribution in [-0.2, 0) is 4.79 Å². The first-order chi connectivity index (χ1) is 9.97. The van der Waals surface area contributed by atoms with E-state index in [1.807, 2.05) is 0 Å². The van der Waals surface area contributed by atoms with Crippen LogP contribution in [-0.4, -0.2) is 11.7 Å². The lowest BCUT2D eigenvalue weighted by Gasteiger charge is -2.08. The Bertz CT molecular complexity index is 658. The van der Waals surface area contributed by atoms with Crippen LogP contribution in [0.4, 0.5) is 15.8 Å². The van der Waals surface area contributed by atoms with E-state index in [-0.39, 0.29) is 17.5 Å². The molecule has 2 rings (SSSR count). The maximum Gasteiger partial charge on any atom is 0.234 e. The second-order valence-corrected chi connectivity index (χ2v) is 5.85. The molecule has 0 saturated heterocycles. The van der Waals surface area contributed by atoms with Crippen molar-refractivity contribution < 1.29 is 9.18 Å². The number of aryl methyl sites for hydroxylation is 1. The predicted molar refractivity (Wildman–Crippen MR) is 86.4 cm³/mol. The third-order valence-electron chi connectivity index (χ3n) is 2.80. The molecule has 0 radical (unpaired) electrons. The Labute approximate surface area is 131 Å². The highest BCUT2D eigenvalue weighted by Crippen LogP contribution is 2.32. The molecule has 0 bridgehead atoms. The zero-order valence-corrected chi connectivity index (χ0v) is 12.9. The number of hydrogen-bond acceptors (Lipinski definition) is 3. The number of anilines is 2. The first-order valence-corrected chi connectivity index (χ1v) is 7.56. The van der Waals surface area contributed by atoms with Crippen LogP contribution in [0.15, 0.2) is 41.3 Å². The van der Waals surface area contributed by atoms with Crippen LogP contribution >= 0.6 is 23.4 Å². The number of rotatable bonds is 4. The lowest BCUT2D eigenvalue weighted by Crippen LogP contribution is -2.14. The number of benzene rings is 2. The Morgan fingerprint density at radius 3 is 2.81 bits per heavy atom. The van der Waals surface area contributed by atoms with E-state index < -0.39 is 0 Å². The Kier molecular flexibility index (Phi) is 5.09. The number of hydrogen-bond donors (Lipinski definition) is 2. The van der Waals surface area contributed by atoms with Gasteiger partial charge in [-0.05, 0) is 36.8 Å². The standard InChI is InChI=1S/C15H14ClFN2OS/c1-9-5-6-10(7-12(9)17)19-14(20)8-21-15-11(16)3-2-4-13(15)18/h2-7H,8,18H2,1H3,(H,19,20). The molecule has 0 heterocycles. The average Bonchev–Trinajstić information content (AvgIpc) is 2.42. The molecule has 0 aliphatic carbocycles. The van der Waals surface area contributed by atoms with Gasteiger partial charge in [-0.2, -0.15) is 0 Å². The molecule has 3 N–H and O–H groups in total. The molecule has 2 aromatic carbocycles. The molecule has 0 aliphatic rings. The summed E-state index contributed by atoms with van der Waals surface area (Å²) in [6.07, 6.45) is 0. The van der Waals surface area contributed by atoms with Crippen LogP contribution < -0.4 is 11.1 Å². The van der Waals surface area contributed by atoms with E-state index in [4.69, 9.17) is 17.3 Å². The van der Waals surface area contributed by atoms with Crippen molar-refractivity contribution in [2.24, 2.45) is 0 Å². The molecular weight excluding hydrogens is 311 g/mol. The van der Waals surface area contributed by atoms with E-state index in [9.17, 15) is 9.18 Å². The van der Waals surface area contributed by atoms with Crippen molar-refractivity contribution in [3.05, 3.63) is 52.8 Å². The van der Waals surface area contributed by atoms with Crippen molar-refractivity contribution in [3.63, 3.8) is 0 Å². The fraction of sp³-hybridized carbons (Fsp3) is 0.133. The van der Waals surface area contributed by atoms with Gasteiger partial charge in [0.2, 0.25) is 5.91 Å². The monoisotopic (exact) mass is 324 g/mol. The lowest BCUT2D eigenvalue weighted by atomic mass is 10.2. The third kappa shape index (κ3) is 4.12. The van der Waals surface area contributed by atoms with Crippen molar-refractivity contribution in [3.8, 4) is 0 Å². The molecule has 0 fully saturated rings. The smallest absolute Gasteiger partial charge is 0.234 e. The van der Waals surface area contributed by atoms with E-state index in [0.29, 0.717) is 26.9 Å². The van der Waals surface area contributed by atoms with Gasteiger partial charge in [0.15, 0.2) is 0 Å². The number of thioether (sulfide) groups is 1. The van der Waals surface area contributed by atoms with Crippen LogP contribution in [0.25, 0.3) is 0 Å². The van der Waals surface area contributed by atoms with E-state index >= 15 is 0 Å². The summed E-state index contributed by atoms with van der Waals surface area (Å²) in [5, 5.41) is 3.14. The molecule has 1 amide bonds. The minimum Gasteiger partial charge on any atom is -0.398 e. The summed E-state index contributed by atoms with van der Waals surface area (Å²) in [5.41, 5.74) is 7.30. The van der Waals surface area contributed by atoms with Crippen LogP contribution in [0.5, 0.6) is 0 Å². The van der Waals surface area contributed by atoms with Gasteiger partial charge < -0.3 is 11.1 Å². The minimum absolute atomic E-state index is 0.142. The maximum absolute atomic E-state index is 13.4. The van der Waals surface area contributed by atoms with Crippen molar-refractivity contribution in [1.82, 2.24) is 0 Å². The van der Waals surface area contributed by atoms with Gasteiger partial charge in [0.25, 0.3) is 0 Å². The molecule has 0 atom stereocenters. The molecule has 0 unspecified atom stereocenters. The van der Waals surface area contributed by atoms with Gasteiger partial charge in [-0.15, -0.1) is 11.8 Å². The summed E-state index contributed by atoms with van der Waals surface area (Å²) in [7, 11) is 0. The number of carbonyl (C=O) groups is 1. The largest absolute Gasteiger partial charge is 0.398 e. The summed E-state index contributed by atoms with van der Waals surface area (Å²) in [6, 6.07) is 9.75. The normalized spacial score (nSPS) is 10.4. The topological polar surface area (TPSA) is 55.1 Å². The number of nitrogens with one attached hydrogen (secondary N) is 1. The number of halogens is 2. The van der Waals surface area contributed by atoms with Gasteiger partial charge in [0.1, 0.15) is 5.82 Å². The molecule has 6 heteroatoms. The maximum atomic E-state index is 13.4. The van der Waals surface area contributed by atoms with Gasteiger partial charge in [-0.25, -0.2) is 4.39 Å². The summed E-state index contributed by atoms with van der Waals surface area (Å²) in [6.45, 7) is 1.66. The Hall–Kier alpha value is -1.72. The van der Waals surface area contributed by atoms with E-state index in [0.717, 1.165) is 0 Å². The van der Waals surface area contributed by atoms with Crippen LogP contribution in [0.1, 0.15) is 5.56 Å². The zero-order valence-electron chi connectivity index (χ0n) is 11.3. The highest BCUT2D eigenvalue weighted by molar-refractivity contribution is 8.00. The highest BCUT2D eigenvalue weighted by Gasteiger charge is 2.09. The number of nitrogens with two attached hydrogens (primary N) is 1. The second kappa shape index (κ2) is 6.83. The first kappa shape index (κ1) is 15.7. The molecule has 110 valence electrons. The lowest BCUT2D eigenvalue weighted by molar-refractivity contribution is -0.113. The Morgan fingerprint density at radius 1 is 1.38 bits per heavy atom. The Morgan fingerprint density at radius 2 is 2.14 bits per heavy atom. The fourth-order valence-electron chi connectivity index (χ4n) is 1.68. The quantitative estimate of drug-likeness (QED) is 0.657. The van der Waals surface area contributed by atoms with Gasteiger partial charge in [0, 0.05) is 16.3 Å². The number of nitrogen functional groups attached to an aromatic ring is 1. The molecule has 0 aliphatic heterocycles. The van der Waals surface area contributed by atoms with Crippen LogP contribution in [0.2, 0.25) is 5.02 Å². The number of carbonyl (C=O) groups excluding carboxylic acids is 1. The summed E-state index contributed by atoms with van der Waals surface area (Å²) >= 11 is 7.27. The molecule has 3 nitrogen and oxygen atoms in total.